The lowest BCUT2D eigenvalue weighted by molar-refractivity contribution is -0.137. The van der Waals surface area contributed by atoms with Crippen molar-refractivity contribution in [2.75, 3.05) is 0 Å². The summed E-state index contributed by atoms with van der Waals surface area (Å²) in [4.78, 5) is 3.29. The molecule has 2 aromatic rings. The smallest absolute Gasteiger partial charge is 0.241 e. The molecule has 0 unspecified atom stereocenters. The molecule has 0 saturated carbocycles. The molecule has 0 bridgehead atoms. The molecule has 0 atom stereocenters. The molecule has 0 fully saturated rings. The maximum Gasteiger partial charge on any atom is 0.416 e. The number of hydrogen-bond donors (Lipinski definition) is 0. The van der Waals surface area contributed by atoms with Crippen LogP contribution < -0.4 is 0 Å². The second-order valence-electron chi connectivity index (χ2n) is 3.95. The van der Waals surface area contributed by atoms with E-state index in [2.05, 4.69) is 20.9 Å². The third-order valence-corrected chi connectivity index (χ3v) is 4.73. The molecule has 0 saturated heterocycles. The molecule has 0 aliphatic rings. The SMILES string of the molecule is Cc1nccn1S(=O)(=O)c1cc(Br)cc(C(F)(F)F)c1. The van der Waals surface area contributed by atoms with Crippen LogP contribution in [0.1, 0.15) is 11.4 Å². The number of hydrogen-bond acceptors (Lipinski definition) is 3. The highest BCUT2D eigenvalue weighted by atomic mass is 79.9. The van der Waals surface area contributed by atoms with E-state index in [0.717, 1.165) is 16.1 Å². The van der Waals surface area contributed by atoms with Crippen molar-refractivity contribution in [2.45, 2.75) is 18.0 Å². The summed E-state index contributed by atoms with van der Waals surface area (Å²) < 4.78 is 63.6. The number of halogens is 4. The van der Waals surface area contributed by atoms with Crippen molar-refractivity contribution in [1.82, 2.24) is 8.96 Å². The van der Waals surface area contributed by atoms with Gasteiger partial charge in [-0.05, 0) is 25.1 Å². The summed E-state index contributed by atoms with van der Waals surface area (Å²) in [5.41, 5.74) is -1.04. The zero-order valence-corrected chi connectivity index (χ0v) is 12.4. The molecule has 0 aliphatic carbocycles. The highest BCUT2D eigenvalue weighted by molar-refractivity contribution is 9.10. The molecule has 1 aromatic heterocycles. The monoisotopic (exact) mass is 368 g/mol. The zero-order valence-electron chi connectivity index (χ0n) is 10.0. The van der Waals surface area contributed by atoms with Crippen molar-refractivity contribution in [3.05, 3.63) is 46.5 Å². The van der Waals surface area contributed by atoms with Gasteiger partial charge >= 0.3 is 6.18 Å². The molecule has 0 N–H and O–H groups in total. The predicted octanol–water partition coefficient (Wildman–Crippen LogP) is 3.21. The van der Waals surface area contributed by atoms with Crippen LogP contribution in [0.5, 0.6) is 0 Å². The molecule has 1 heterocycles. The fourth-order valence-corrected chi connectivity index (χ4v) is 3.64. The molecule has 2 rings (SSSR count). The third kappa shape index (κ3) is 2.73. The van der Waals surface area contributed by atoms with Crippen molar-refractivity contribution in [3.8, 4) is 0 Å². The van der Waals surface area contributed by atoms with Gasteiger partial charge in [0.15, 0.2) is 0 Å². The zero-order chi connectivity index (χ0) is 15.1. The predicted molar refractivity (Wildman–Crippen MR) is 68.7 cm³/mol. The molecule has 0 amide bonds. The van der Waals surface area contributed by atoms with E-state index in [4.69, 9.17) is 0 Å². The fraction of sp³-hybridized carbons (Fsp3) is 0.182. The highest BCUT2D eigenvalue weighted by Crippen LogP contribution is 2.33. The first-order valence-electron chi connectivity index (χ1n) is 5.25. The van der Waals surface area contributed by atoms with E-state index >= 15 is 0 Å². The van der Waals surface area contributed by atoms with Crippen LogP contribution in [0.15, 0.2) is 40.0 Å². The number of benzene rings is 1. The maximum absolute atomic E-state index is 12.7. The average molecular weight is 369 g/mol. The summed E-state index contributed by atoms with van der Waals surface area (Å²) in [6.45, 7) is 1.44. The van der Waals surface area contributed by atoms with Gasteiger partial charge in [0.2, 0.25) is 0 Å². The molecule has 0 aliphatic heterocycles. The Morgan fingerprint density at radius 2 is 1.90 bits per heavy atom. The first-order valence-corrected chi connectivity index (χ1v) is 7.49. The average Bonchev–Trinajstić information content (AvgIpc) is 2.74. The number of aryl methyl sites for hydroxylation is 1. The Kier molecular flexibility index (Phi) is 3.67. The number of nitrogens with zero attached hydrogens (tertiary/aromatic N) is 2. The van der Waals surface area contributed by atoms with Gasteiger partial charge in [-0.2, -0.15) is 13.2 Å². The van der Waals surface area contributed by atoms with Gasteiger partial charge in [-0.25, -0.2) is 17.4 Å². The van der Waals surface area contributed by atoms with Gasteiger partial charge < -0.3 is 0 Å². The summed E-state index contributed by atoms with van der Waals surface area (Å²) in [7, 11) is -4.11. The number of aromatic nitrogens is 2. The van der Waals surface area contributed by atoms with Crippen molar-refractivity contribution >= 4 is 26.0 Å². The Bertz CT molecular complexity index is 753. The maximum atomic E-state index is 12.7. The van der Waals surface area contributed by atoms with Crippen LogP contribution in [-0.2, 0) is 16.2 Å². The van der Waals surface area contributed by atoms with Crippen LogP contribution in [-0.4, -0.2) is 17.4 Å². The Hall–Kier alpha value is -1.35. The van der Waals surface area contributed by atoms with E-state index in [-0.39, 0.29) is 10.3 Å². The molecular formula is C11H8BrF3N2O2S. The first-order chi connectivity index (χ1) is 9.12. The minimum atomic E-state index is -4.63. The van der Waals surface area contributed by atoms with Crippen LogP contribution in [0.4, 0.5) is 13.2 Å². The summed E-state index contributed by atoms with van der Waals surface area (Å²) >= 11 is 2.89. The lowest BCUT2D eigenvalue weighted by Gasteiger charge is -2.11. The molecule has 4 nitrogen and oxygen atoms in total. The summed E-state index contributed by atoms with van der Waals surface area (Å²) in [6, 6.07) is 2.53. The van der Waals surface area contributed by atoms with Gasteiger partial charge in [0.1, 0.15) is 5.82 Å². The fourth-order valence-electron chi connectivity index (χ4n) is 1.61. The van der Waals surface area contributed by atoms with Gasteiger partial charge in [0.05, 0.1) is 10.5 Å². The van der Waals surface area contributed by atoms with E-state index in [0.29, 0.717) is 6.07 Å². The normalized spacial score (nSPS) is 12.7. The Balaban J connectivity index is 2.65. The minimum absolute atomic E-state index is 0.0312. The Morgan fingerprint density at radius 1 is 1.25 bits per heavy atom. The number of imidazole rings is 1. The molecule has 108 valence electrons. The Labute approximate surface area is 121 Å². The van der Waals surface area contributed by atoms with Crippen molar-refractivity contribution in [3.63, 3.8) is 0 Å². The van der Waals surface area contributed by atoms with Gasteiger partial charge in [0.25, 0.3) is 10.0 Å². The summed E-state index contributed by atoms with van der Waals surface area (Å²) in [5, 5.41) is 0. The van der Waals surface area contributed by atoms with Crippen LogP contribution >= 0.6 is 15.9 Å². The van der Waals surface area contributed by atoms with Gasteiger partial charge in [0, 0.05) is 16.9 Å². The molecule has 1 aromatic carbocycles. The van der Waals surface area contributed by atoms with E-state index in [9.17, 15) is 21.6 Å². The second kappa shape index (κ2) is 4.88. The molecule has 9 heteroatoms. The van der Waals surface area contributed by atoms with Crippen LogP contribution in [0.2, 0.25) is 0 Å². The first kappa shape index (κ1) is 15.0. The summed E-state index contributed by atoms with van der Waals surface area (Å²) in [6.07, 6.45) is -2.19. The van der Waals surface area contributed by atoms with E-state index in [1.165, 1.54) is 19.3 Å². The molecule has 20 heavy (non-hydrogen) atoms. The van der Waals surface area contributed by atoms with Crippen molar-refractivity contribution in [1.29, 1.82) is 0 Å². The third-order valence-electron chi connectivity index (χ3n) is 2.54. The van der Waals surface area contributed by atoms with E-state index in [1.54, 1.807) is 0 Å². The van der Waals surface area contributed by atoms with E-state index in [1.807, 2.05) is 0 Å². The number of alkyl halides is 3. The highest BCUT2D eigenvalue weighted by Gasteiger charge is 2.33. The van der Waals surface area contributed by atoms with Crippen molar-refractivity contribution < 1.29 is 21.6 Å². The largest absolute Gasteiger partial charge is 0.416 e. The number of rotatable bonds is 2. The molecule has 0 spiro atoms. The lowest BCUT2D eigenvalue weighted by Crippen LogP contribution is -2.15. The molecular weight excluding hydrogens is 361 g/mol. The van der Waals surface area contributed by atoms with Gasteiger partial charge in [-0.3, -0.25) is 0 Å². The van der Waals surface area contributed by atoms with Crippen molar-refractivity contribution in [2.24, 2.45) is 0 Å². The van der Waals surface area contributed by atoms with Gasteiger partial charge in [-0.15, -0.1) is 0 Å². The topological polar surface area (TPSA) is 52.0 Å². The minimum Gasteiger partial charge on any atom is -0.241 e. The lowest BCUT2D eigenvalue weighted by atomic mass is 10.2. The van der Waals surface area contributed by atoms with Crippen LogP contribution in [0.3, 0.4) is 0 Å². The second-order valence-corrected chi connectivity index (χ2v) is 6.68. The summed E-state index contributed by atoms with van der Waals surface area (Å²) in [5.74, 6) is 0.165. The van der Waals surface area contributed by atoms with Crippen LogP contribution in [0, 0.1) is 6.92 Å². The quantitative estimate of drug-likeness (QED) is 0.817. The standard InChI is InChI=1S/C11H8BrF3N2O2S/c1-7-16-2-3-17(7)20(18,19)10-5-8(11(13,14)15)4-9(12)6-10/h2-6H,1H3. The van der Waals surface area contributed by atoms with Crippen LogP contribution in [0.25, 0.3) is 0 Å². The Morgan fingerprint density at radius 3 is 2.40 bits per heavy atom. The van der Waals surface area contributed by atoms with Gasteiger partial charge in [-0.1, -0.05) is 15.9 Å². The van der Waals surface area contributed by atoms with E-state index < -0.39 is 26.7 Å². The molecule has 0 radical (unpaired) electrons.